The molecule has 1 aromatic carbocycles. The van der Waals surface area contributed by atoms with Gasteiger partial charge in [-0.1, -0.05) is 26.2 Å². The van der Waals surface area contributed by atoms with Gasteiger partial charge in [-0.3, -0.25) is 9.69 Å². The highest BCUT2D eigenvalue weighted by atomic mass is 16.5. The van der Waals surface area contributed by atoms with Crippen LogP contribution >= 0.6 is 0 Å². The van der Waals surface area contributed by atoms with E-state index in [0.29, 0.717) is 19.1 Å². The highest BCUT2D eigenvalue weighted by molar-refractivity contribution is 5.97. The van der Waals surface area contributed by atoms with Crippen LogP contribution in [0.2, 0.25) is 0 Å². The number of benzene rings is 1. The minimum Gasteiger partial charge on any atom is -0.492 e. The maximum Gasteiger partial charge on any atom is 0.256 e. The van der Waals surface area contributed by atoms with E-state index in [9.17, 15) is 4.79 Å². The highest BCUT2D eigenvalue weighted by Gasteiger charge is 2.32. The lowest BCUT2D eigenvalue weighted by Gasteiger charge is -2.33. The van der Waals surface area contributed by atoms with E-state index < -0.39 is 5.60 Å². The number of ether oxygens (including phenoxy) is 2. The predicted molar refractivity (Wildman–Crippen MR) is 110 cm³/mol. The first kappa shape index (κ1) is 21.7. The molecular weight excluding hydrogens is 340 g/mol. The smallest absolute Gasteiger partial charge is 0.256 e. The number of carbonyl (C=O) groups is 1. The van der Waals surface area contributed by atoms with E-state index in [1.807, 2.05) is 31.2 Å². The number of rotatable bonds is 10. The minimum atomic E-state index is -0.795. The van der Waals surface area contributed by atoms with Gasteiger partial charge in [0.15, 0.2) is 0 Å². The second-order valence-electron chi connectivity index (χ2n) is 7.75. The zero-order valence-electron chi connectivity index (χ0n) is 17.4. The summed E-state index contributed by atoms with van der Waals surface area (Å²) in [6.45, 7) is 9.07. The Balaban J connectivity index is 1.81. The second kappa shape index (κ2) is 10.7. The predicted octanol–water partition coefficient (Wildman–Crippen LogP) is 4.47. The van der Waals surface area contributed by atoms with E-state index in [0.717, 1.165) is 30.8 Å². The monoisotopic (exact) mass is 376 g/mol. The first-order chi connectivity index (χ1) is 13.0. The molecule has 1 aromatic rings. The zero-order valence-corrected chi connectivity index (χ0v) is 17.4. The quantitative estimate of drug-likeness (QED) is 0.654. The molecule has 1 amide bonds. The van der Waals surface area contributed by atoms with Gasteiger partial charge < -0.3 is 14.8 Å². The van der Waals surface area contributed by atoms with Crippen molar-refractivity contribution in [3.63, 3.8) is 0 Å². The van der Waals surface area contributed by atoms with Crippen LogP contribution in [-0.4, -0.2) is 49.3 Å². The van der Waals surface area contributed by atoms with Gasteiger partial charge in [0.1, 0.15) is 18.0 Å². The fourth-order valence-electron chi connectivity index (χ4n) is 3.49. The molecule has 0 bridgehead atoms. The molecule has 0 aromatic heterocycles. The molecular formula is C22H36N2O3. The van der Waals surface area contributed by atoms with Crippen molar-refractivity contribution in [2.75, 3.05) is 32.1 Å². The standard InChI is InChI=1S/C22H36N2O3/c1-5-6-14-22(3,26-4)21(25)23-19-10-12-20(13-11-19)27-17-16-24-15-8-7-9-18(24)2/h10-13,18H,5-9,14-17H2,1-4H3,(H,23,25). The fraction of sp³-hybridized carbons (Fsp3) is 0.682. The number of anilines is 1. The molecule has 5 nitrogen and oxygen atoms in total. The third-order valence-electron chi connectivity index (χ3n) is 5.64. The van der Waals surface area contributed by atoms with E-state index in [2.05, 4.69) is 24.1 Å². The molecule has 1 heterocycles. The molecule has 0 aliphatic carbocycles. The van der Waals surface area contributed by atoms with Crippen LogP contribution in [0.3, 0.4) is 0 Å². The largest absolute Gasteiger partial charge is 0.492 e. The Labute approximate surface area is 164 Å². The van der Waals surface area contributed by atoms with Crippen LogP contribution in [0.1, 0.15) is 59.3 Å². The van der Waals surface area contributed by atoms with Gasteiger partial charge in [0.2, 0.25) is 0 Å². The Hall–Kier alpha value is -1.59. The van der Waals surface area contributed by atoms with Crippen molar-refractivity contribution in [1.29, 1.82) is 0 Å². The van der Waals surface area contributed by atoms with E-state index in [1.165, 1.54) is 25.8 Å². The van der Waals surface area contributed by atoms with Crippen LogP contribution in [-0.2, 0) is 9.53 Å². The first-order valence-electron chi connectivity index (χ1n) is 10.3. The lowest BCUT2D eigenvalue weighted by atomic mass is 9.97. The molecule has 152 valence electrons. The molecule has 5 heteroatoms. The number of amides is 1. The Morgan fingerprint density at radius 3 is 2.67 bits per heavy atom. The molecule has 2 atom stereocenters. The topological polar surface area (TPSA) is 50.8 Å². The summed E-state index contributed by atoms with van der Waals surface area (Å²) in [6.07, 6.45) is 6.62. The summed E-state index contributed by atoms with van der Waals surface area (Å²) >= 11 is 0. The van der Waals surface area contributed by atoms with E-state index in [-0.39, 0.29) is 5.91 Å². The van der Waals surface area contributed by atoms with Crippen LogP contribution in [0.25, 0.3) is 0 Å². The molecule has 0 spiro atoms. The SMILES string of the molecule is CCCCC(C)(OC)C(=O)Nc1ccc(OCCN2CCCCC2C)cc1. The molecule has 1 N–H and O–H groups in total. The van der Waals surface area contributed by atoms with Crippen LogP contribution < -0.4 is 10.1 Å². The van der Waals surface area contributed by atoms with Crippen molar-refractivity contribution in [2.24, 2.45) is 0 Å². The normalized spacial score (nSPS) is 20.1. The average molecular weight is 377 g/mol. The summed E-state index contributed by atoms with van der Waals surface area (Å²) < 4.78 is 11.4. The number of nitrogens with one attached hydrogen (secondary N) is 1. The number of nitrogens with zero attached hydrogens (tertiary/aromatic N) is 1. The Morgan fingerprint density at radius 2 is 2.04 bits per heavy atom. The van der Waals surface area contributed by atoms with E-state index in [4.69, 9.17) is 9.47 Å². The molecule has 1 aliphatic rings. The number of hydrogen-bond donors (Lipinski definition) is 1. The molecule has 0 radical (unpaired) electrons. The summed E-state index contributed by atoms with van der Waals surface area (Å²) in [7, 11) is 1.59. The molecule has 1 fully saturated rings. The van der Waals surface area contributed by atoms with Gasteiger partial charge in [0.25, 0.3) is 5.91 Å². The van der Waals surface area contributed by atoms with Crippen molar-refractivity contribution in [2.45, 2.75) is 70.9 Å². The van der Waals surface area contributed by atoms with Gasteiger partial charge in [-0.2, -0.15) is 0 Å². The van der Waals surface area contributed by atoms with Crippen LogP contribution in [0.4, 0.5) is 5.69 Å². The Morgan fingerprint density at radius 1 is 1.30 bits per heavy atom. The molecule has 27 heavy (non-hydrogen) atoms. The van der Waals surface area contributed by atoms with Crippen molar-refractivity contribution < 1.29 is 14.3 Å². The van der Waals surface area contributed by atoms with Crippen molar-refractivity contribution in [1.82, 2.24) is 4.90 Å². The fourth-order valence-corrected chi connectivity index (χ4v) is 3.49. The second-order valence-corrected chi connectivity index (χ2v) is 7.75. The Bertz CT molecular complexity index is 575. The van der Waals surface area contributed by atoms with Gasteiger partial charge in [-0.05, 0) is 63.9 Å². The lowest BCUT2D eigenvalue weighted by molar-refractivity contribution is -0.136. The van der Waals surface area contributed by atoms with Gasteiger partial charge in [-0.15, -0.1) is 0 Å². The van der Waals surface area contributed by atoms with Crippen molar-refractivity contribution in [3.8, 4) is 5.75 Å². The number of piperidine rings is 1. The van der Waals surface area contributed by atoms with Gasteiger partial charge >= 0.3 is 0 Å². The summed E-state index contributed by atoms with van der Waals surface area (Å²) in [4.78, 5) is 15.1. The van der Waals surface area contributed by atoms with Gasteiger partial charge in [-0.25, -0.2) is 0 Å². The first-order valence-corrected chi connectivity index (χ1v) is 10.3. The van der Waals surface area contributed by atoms with Crippen LogP contribution in [0, 0.1) is 0 Å². The highest BCUT2D eigenvalue weighted by Crippen LogP contribution is 2.22. The third-order valence-corrected chi connectivity index (χ3v) is 5.64. The molecule has 2 rings (SSSR count). The average Bonchev–Trinajstić information content (AvgIpc) is 2.69. The number of carbonyl (C=O) groups excluding carboxylic acids is 1. The van der Waals surface area contributed by atoms with E-state index in [1.54, 1.807) is 7.11 Å². The Kier molecular flexibility index (Phi) is 8.58. The number of methoxy groups -OCH3 is 1. The molecule has 0 saturated carbocycles. The molecule has 1 aliphatic heterocycles. The zero-order chi connectivity index (χ0) is 19.7. The van der Waals surface area contributed by atoms with Crippen molar-refractivity contribution >= 4 is 11.6 Å². The minimum absolute atomic E-state index is 0.105. The van der Waals surface area contributed by atoms with Gasteiger partial charge in [0.05, 0.1) is 0 Å². The summed E-state index contributed by atoms with van der Waals surface area (Å²) in [5.74, 6) is 0.726. The third kappa shape index (κ3) is 6.51. The van der Waals surface area contributed by atoms with Gasteiger partial charge in [0, 0.05) is 25.4 Å². The summed E-state index contributed by atoms with van der Waals surface area (Å²) in [5, 5.41) is 2.96. The molecule has 2 unspecified atom stereocenters. The maximum absolute atomic E-state index is 12.6. The number of likely N-dealkylation sites (tertiary alicyclic amines) is 1. The number of hydrogen-bond acceptors (Lipinski definition) is 4. The van der Waals surface area contributed by atoms with E-state index >= 15 is 0 Å². The van der Waals surface area contributed by atoms with Crippen LogP contribution in [0.5, 0.6) is 5.75 Å². The van der Waals surface area contributed by atoms with Crippen molar-refractivity contribution in [3.05, 3.63) is 24.3 Å². The summed E-state index contributed by atoms with van der Waals surface area (Å²) in [5.41, 5.74) is -0.0344. The maximum atomic E-state index is 12.6. The molecule has 1 saturated heterocycles. The lowest BCUT2D eigenvalue weighted by Crippen LogP contribution is -2.41. The summed E-state index contributed by atoms with van der Waals surface area (Å²) in [6, 6.07) is 8.23. The number of unbranched alkanes of at least 4 members (excludes halogenated alkanes) is 1. The van der Waals surface area contributed by atoms with Crippen LogP contribution in [0.15, 0.2) is 24.3 Å².